The summed E-state index contributed by atoms with van der Waals surface area (Å²) in [6, 6.07) is 37.4. The summed E-state index contributed by atoms with van der Waals surface area (Å²) in [5, 5.41) is 7.78. The van der Waals surface area contributed by atoms with Gasteiger partial charge in [-0.15, -0.1) is 11.3 Å². The lowest BCUT2D eigenvalue weighted by Gasteiger charge is -2.18. The van der Waals surface area contributed by atoms with Gasteiger partial charge in [0, 0.05) is 48.7 Å². The summed E-state index contributed by atoms with van der Waals surface area (Å²) in [5.41, 5.74) is 4.98. The lowest BCUT2D eigenvalue weighted by Crippen LogP contribution is -2.25. The second-order valence-electron chi connectivity index (χ2n) is 10.3. The normalized spacial score (nSPS) is 15.2. The summed E-state index contributed by atoms with van der Waals surface area (Å²) in [7, 11) is 0. The van der Waals surface area contributed by atoms with Gasteiger partial charge in [-0.25, -0.2) is 4.98 Å². The van der Waals surface area contributed by atoms with Gasteiger partial charge in [-0.1, -0.05) is 84.9 Å². The van der Waals surface area contributed by atoms with Crippen LogP contribution in [0.25, 0.3) is 71.7 Å². The molecule has 0 amide bonds. The smallest absolute Gasteiger partial charge is 0.155 e. The highest BCUT2D eigenvalue weighted by molar-refractivity contribution is 7.17. The predicted molar refractivity (Wildman–Crippen MR) is 165 cm³/mol. The minimum Gasteiger partial charge on any atom is -0.333 e. The van der Waals surface area contributed by atoms with Crippen LogP contribution >= 0.6 is 11.3 Å². The van der Waals surface area contributed by atoms with Crippen LogP contribution in [0.1, 0.15) is 12.5 Å². The third-order valence-corrected chi connectivity index (χ3v) is 9.51. The van der Waals surface area contributed by atoms with E-state index < -0.39 is 0 Å². The van der Waals surface area contributed by atoms with Gasteiger partial charge in [0.05, 0.1) is 21.8 Å². The van der Waals surface area contributed by atoms with Gasteiger partial charge >= 0.3 is 0 Å². The molecule has 0 radical (unpaired) electrons. The molecule has 0 fully saturated rings. The molecular weight excluding hydrogens is 494 g/mol. The van der Waals surface area contributed by atoms with Crippen molar-refractivity contribution in [1.82, 2.24) is 14.1 Å². The van der Waals surface area contributed by atoms with E-state index in [2.05, 4.69) is 124 Å². The lowest BCUT2D eigenvalue weighted by molar-refractivity contribution is 0.696. The van der Waals surface area contributed by atoms with E-state index in [9.17, 15) is 0 Å². The van der Waals surface area contributed by atoms with E-state index >= 15 is 0 Å². The van der Waals surface area contributed by atoms with Crippen LogP contribution in [0, 0.1) is 0 Å². The van der Waals surface area contributed by atoms with E-state index in [1.807, 2.05) is 17.5 Å². The van der Waals surface area contributed by atoms with Crippen molar-refractivity contribution < 1.29 is 0 Å². The molecule has 0 N–H and O–H groups in total. The average molecular weight is 518 g/mol. The van der Waals surface area contributed by atoms with Gasteiger partial charge in [0.15, 0.2) is 5.82 Å². The number of hydrogen-bond acceptors (Lipinski definition) is 2. The van der Waals surface area contributed by atoms with Crippen molar-refractivity contribution in [2.75, 3.05) is 0 Å². The maximum absolute atomic E-state index is 4.98. The molecule has 4 aromatic carbocycles. The standard InChI is InChI=1S/C35H23N3S/c1-5-13-29-23(9-1)24-10-2-6-14-30(24)37(29)22-17-18-33-28(21-22)27-19-20-36-35(34(27)39-33)38-31-15-7-3-11-25(31)26-12-4-8-16-32(26)38/h1-16,18-22H,17H2. The van der Waals surface area contributed by atoms with E-state index in [-0.39, 0.29) is 6.04 Å². The molecule has 8 aromatic rings. The van der Waals surface area contributed by atoms with Crippen molar-refractivity contribution in [3.8, 4) is 5.82 Å². The third kappa shape index (κ3) is 2.89. The number of thiophene rings is 1. The van der Waals surface area contributed by atoms with Crippen molar-refractivity contribution in [2.24, 2.45) is 0 Å². The first-order valence-corrected chi connectivity index (χ1v) is 14.2. The van der Waals surface area contributed by atoms with Gasteiger partial charge in [-0.2, -0.15) is 0 Å². The Morgan fingerprint density at radius 2 is 1.15 bits per heavy atom. The van der Waals surface area contributed by atoms with Crippen LogP contribution in [-0.2, 0) is 0 Å². The summed E-state index contributed by atoms with van der Waals surface area (Å²) in [6.07, 6.45) is 7.87. The highest BCUT2D eigenvalue weighted by Gasteiger charge is 2.21. The molecule has 0 bridgehead atoms. The van der Waals surface area contributed by atoms with Crippen molar-refractivity contribution in [3.63, 3.8) is 0 Å². The Labute approximate surface area is 228 Å². The zero-order valence-electron chi connectivity index (χ0n) is 21.1. The summed E-state index contributed by atoms with van der Waals surface area (Å²) in [6.45, 7) is 0. The second kappa shape index (κ2) is 7.92. The van der Waals surface area contributed by atoms with Crippen LogP contribution < -0.4 is 9.75 Å². The zero-order valence-corrected chi connectivity index (χ0v) is 21.9. The molecule has 4 heteroatoms. The highest BCUT2D eigenvalue weighted by atomic mass is 32.1. The molecule has 4 heterocycles. The molecular formula is C35H23N3S. The quantitative estimate of drug-likeness (QED) is 0.230. The van der Waals surface area contributed by atoms with Gasteiger partial charge in [-0.05, 0) is 42.0 Å². The maximum Gasteiger partial charge on any atom is 0.155 e. The largest absolute Gasteiger partial charge is 0.333 e. The number of rotatable bonds is 2. The zero-order chi connectivity index (χ0) is 25.5. The van der Waals surface area contributed by atoms with Crippen LogP contribution in [-0.4, -0.2) is 14.1 Å². The molecule has 184 valence electrons. The Kier molecular flexibility index (Phi) is 4.32. The lowest BCUT2D eigenvalue weighted by atomic mass is 10.1. The van der Waals surface area contributed by atoms with E-state index in [0.717, 1.165) is 12.2 Å². The average Bonchev–Trinajstić information content (AvgIpc) is 3.65. The fraction of sp³-hybridized carbons (Fsp3) is 0.0571. The van der Waals surface area contributed by atoms with Crippen molar-refractivity contribution in [3.05, 3.63) is 119 Å². The molecule has 9 rings (SSSR count). The van der Waals surface area contributed by atoms with Crippen LogP contribution in [0.2, 0.25) is 0 Å². The monoisotopic (exact) mass is 517 g/mol. The summed E-state index contributed by atoms with van der Waals surface area (Å²) in [4.78, 5) is 4.98. The molecule has 39 heavy (non-hydrogen) atoms. The van der Waals surface area contributed by atoms with E-state index in [4.69, 9.17) is 4.98 Å². The Balaban J connectivity index is 1.32. The minimum absolute atomic E-state index is 0.255. The Bertz CT molecular complexity index is 2280. The number of pyridine rings is 1. The number of aromatic nitrogens is 3. The van der Waals surface area contributed by atoms with E-state index in [1.54, 1.807) is 0 Å². The van der Waals surface area contributed by atoms with E-state index in [0.29, 0.717) is 0 Å². The molecule has 1 aliphatic carbocycles. The maximum atomic E-state index is 4.98. The van der Waals surface area contributed by atoms with Gasteiger partial charge in [0.25, 0.3) is 0 Å². The summed E-state index contributed by atoms with van der Waals surface area (Å²) < 4.78 is 7.46. The first-order chi connectivity index (χ1) is 19.4. The predicted octanol–water partition coefficient (Wildman–Crippen LogP) is 7.71. The molecule has 0 saturated heterocycles. The van der Waals surface area contributed by atoms with Crippen molar-refractivity contribution in [2.45, 2.75) is 12.5 Å². The minimum atomic E-state index is 0.255. The third-order valence-electron chi connectivity index (χ3n) is 8.30. The van der Waals surface area contributed by atoms with Gasteiger partial charge in [0.2, 0.25) is 0 Å². The fourth-order valence-corrected chi connectivity index (χ4v) is 7.87. The number of para-hydroxylation sites is 4. The summed E-state index contributed by atoms with van der Waals surface area (Å²) in [5.74, 6) is 1.01. The molecule has 0 spiro atoms. The molecule has 0 saturated carbocycles. The van der Waals surface area contributed by atoms with Gasteiger partial charge in [0.1, 0.15) is 0 Å². The Hall–Kier alpha value is -4.67. The van der Waals surface area contributed by atoms with Crippen molar-refractivity contribution >= 4 is 77.2 Å². The molecule has 1 atom stereocenters. The van der Waals surface area contributed by atoms with Crippen molar-refractivity contribution in [1.29, 1.82) is 0 Å². The number of hydrogen-bond donors (Lipinski definition) is 0. The number of benzene rings is 4. The van der Waals surface area contributed by atoms with Crippen LogP contribution in [0.4, 0.5) is 0 Å². The highest BCUT2D eigenvalue weighted by Crippen LogP contribution is 2.36. The fourth-order valence-electron chi connectivity index (χ4n) is 6.66. The van der Waals surface area contributed by atoms with E-state index in [1.165, 1.54) is 63.4 Å². The van der Waals surface area contributed by atoms with Crippen LogP contribution in [0.3, 0.4) is 0 Å². The first-order valence-electron chi connectivity index (χ1n) is 13.4. The summed E-state index contributed by atoms with van der Waals surface area (Å²) >= 11 is 1.87. The molecule has 0 aliphatic heterocycles. The number of nitrogens with zero attached hydrogens (tertiary/aromatic N) is 3. The molecule has 1 unspecified atom stereocenters. The Morgan fingerprint density at radius 1 is 0.615 bits per heavy atom. The second-order valence-corrected chi connectivity index (χ2v) is 11.4. The Morgan fingerprint density at radius 3 is 1.77 bits per heavy atom. The van der Waals surface area contributed by atoms with Gasteiger partial charge < -0.3 is 4.57 Å². The number of fused-ring (bicyclic) bond motifs is 9. The van der Waals surface area contributed by atoms with Crippen LogP contribution in [0.15, 0.2) is 109 Å². The topological polar surface area (TPSA) is 22.8 Å². The van der Waals surface area contributed by atoms with Gasteiger partial charge in [-0.3, -0.25) is 4.57 Å². The molecule has 1 aliphatic rings. The molecule has 4 aromatic heterocycles. The molecule has 3 nitrogen and oxygen atoms in total. The first kappa shape index (κ1) is 21.3. The SMILES string of the molecule is C1=c2sc3c(-n4c5ccccc5c5ccccc54)nccc3c2=CC(n2c3ccccc3c3ccccc32)C1. The van der Waals surface area contributed by atoms with Crippen LogP contribution in [0.5, 0.6) is 0 Å².